The molecule has 3 nitrogen and oxygen atoms in total. The maximum absolute atomic E-state index is 13.5. The Bertz CT molecular complexity index is 2350. The number of anilines is 5. The molecule has 238 valence electrons. The molecule has 0 bridgehead atoms. The predicted molar refractivity (Wildman–Crippen MR) is 201 cm³/mol. The van der Waals surface area contributed by atoms with E-state index in [4.69, 9.17) is 4.42 Å². The van der Waals surface area contributed by atoms with Gasteiger partial charge in [0.05, 0.1) is 0 Å². The van der Waals surface area contributed by atoms with Crippen LogP contribution in [0, 0.1) is 12.7 Å². The van der Waals surface area contributed by atoms with Gasteiger partial charge in [-0.15, -0.1) is 0 Å². The first-order chi connectivity index (χ1) is 24.0. The van der Waals surface area contributed by atoms with Crippen molar-refractivity contribution in [3.63, 3.8) is 0 Å². The normalized spacial score (nSPS) is 11.9. The molecule has 49 heavy (non-hydrogen) atoms. The van der Waals surface area contributed by atoms with Crippen molar-refractivity contribution in [1.82, 2.24) is 0 Å². The first kappa shape index (κ1) is 30.2. The smallest absolute Gasteiger partial charge is 0.137 e. The molecule has 0 saturated heterocycles. The van der Waals surface area contributed by atoms with E-state index < -0.39 is 0 Å². The van der Waals surface area contributed by atoms with Gasteiger partial charge in [-0.2, -0.15) is 0 Å². The zero-order chi connectivity index (χ0) is 33.3. The lowest BCUT2D eigenvalue weighted by Crippen LogP contribution is -2.10. The van der Waals surface area contributed by atoms with Crippen LogP contribution in [-0.2, 0) is 0 Å². The molecule has 1 unspecified atom stereocenters. The lowest BCUT2D eigenvalue weighted by molar-refractivity contribution is 0.628. The van der Waals surface area contributed by atoms with Gasteiger partial charge in [0, 0.05) is 64.3 Å². The minimum absolute atomic E-state index is 0.125. The van der Waals surface area contributed by atoms with Crippen molar-refractivity contribution in [3.05, 3.63) is 198 Å². The highest BCUT2D eigenvalue weighted by Crippen LogP contribution is 2.41. The van der Waals surface area contributed by atoms with E-state index in [9.17, 15) is 4.39 Å². The quantitative estimate of drug-likeness (QED) is 0.154. The number of nitrogens with zero attached hydrogens (tertiary/aromatic N) is 2. The molecule has 0 amide bonds. The number of para-hydroxylation sites is 1. The number of furan rings is 1. The van der Waals surface area contributed by atoms with Crippen LogP contribution in [0.3, 0.4) is 0 Å². The molecular formula is C45H35FN2O. The van der Waals surface area contributed by atoms with Crippen molar-refractivity contribution >= 4 is 50.4 Å². The Balaban J connectivity index is 1.17. The molecule has 0 aliphatic heterocycles. The van der Waals surface area contributed by atoms with Crippen molar-refractivity contribution < 1.29 is 8.81 Å². The summed E-state index contributed by atoms with van der Waals surface area (Å²) in [5.41, 5.74) is 11.6. The number of hydrogen-bond acceptors (Lipinski definition) is 3. The molecule has 1 heterocycles. The summed E-state index contributed by atoms with van der Waals surface area (Å²) in [6.07, 6.45) is 0. The van der Waals surface area contributed by atoms with Gasteiger partial charge in [0.25, 0.3) is 0 Å². The summed E-state index contributed by atoms with van der Waals surface area (Å²) in [5.74, 6) is -0.125. The minimum Gasteiger partial charge on any atom is -0.456 e. The fourth-order valence-electron chi connectivity index (χ4n) is 6.74. The highest BCUT2D eigenvalue weighted by Gasteiger charge is 2.20. The van der Waals surface area contributed by atoms with Crippen LogP contribution in [0.4, 0.5) is 32.8 Å². The third-order valence-electron chi connectivity index (χ3n) is 9.34. The topological polar surface area (TPSA) is 19.6 Å². The van der Waals surface area contributed by atoms with Crippen LogP contribution < -0.4 is 9.80 Å². The Hall–Kier alpha value is -6.13. The number of aryl methyl sites for hydroxylation is 1. The van der Waals surface area contributed by atoms with Crippen LogP contribution in [0.25, 0.3) is 21.9 Å². The molecule has 0 fully saturated rings. The molecule has 0 spiro atoms. The average Bonchev–Trinajstić information content (AvgIpc) is 3.51. The molecule has 1 aromatic heterocycles. The third-order valence-corrected chi connectivity index (χ3v) is 9.34. The molecule has 0 aliphatic rings. The van der Waals surface area contributed by atoms with E-state index in [2.05, 4.69) is 145 Å². The zero-order valence-electron chi connectivity index (χ0n) is 27.4. The minimum atomic E-state index is -0.250. The maximum atomic E-state index is 13.5. The fourth-order valence-corrected chi connectivity index (χ4v) is 6.74. The number of rotatable bonds is 8. The Kier molecular flexibility index (Phi) is 7.90. The first-order valence-electron chi connectivity index (χ1n) is 16.5. The Morgan fingerprint density at radius 3 is 1.57 bits per heavy atom. The molecule has 0 aliphatic carbocycles. The summed E-state index contributed by atoms with van der Waals surface area (Å²) in [6.45, 7) is 2.13. The lowest BCUT2D eigenvalue weighted by Gasteiger charge is -2.26. The summed E-state index contributed by atoms with van der Waals surface area (Å²) in [6, 6.07) is 58.1. The standard InChI is InChI=1S/C45H35FN2O/c1-31-13-15-33(16-14-31)45(32-9-5-3-6-10-32)34-17-21-38(22-18-34)48(37-11-7-4-8-12-37)40-26-28-42-41-27-25-39(29-43(41)49-44(42)30-40)47(2)36-23-19-35(46)20-24-36/h3-30,45H,1-2H3. The molecule has 0 N–H and O–H groups in total. The second-order valence-electron chi connectivity index (χ2n) is 12.5. The van der Waals surface area contributed by atoms with E-state index in [1.54, 1.807) is 12.1 Å². The lowest BCUT2D eigenvalue weighted by atomic mass is 9.85. The van der Waals surface area contributed by atoms with Gasteiger partial charge >= 0.3 is 0 Å². The molecule has 7 aromatic carbocycles. The van der Waals surface area contributed by atoms with Crippen LogP contribution in [-0.4, -0.2) is 7.05 Å². The SMILES string of the molecule is Cc1ccc(C(c2ccccc2)c2ccc(N(c3ccccc3)c3ccc4c(c3)oc3cc(N(C)c5ccc(F)cc5)ccc34)cc2)cc1. The Morgan fingerprint density at radius 1 is 0.469 bits per heavy atom. The van der Waals surface area contributed by atoms with Gasteiger partial charge in [0.1, 0.15) is 17.0 Å². The van der Waals surface area contributed by atoms with Gasteiger partial charge < -0.3 is 14.2 Å². The Morgan fingerprint density at radius 2 is 0.939 bits per heavy atom. The van der Waals surface area contributed by atoms with Gasteiger partial charge in [-0.3, -0.25) is 0 Å². The van der Waals surface area contributed by atoms with Crippen LogP contribution >= 0.6 is 0 Å². The molecule has 4 heteroatoms. The molecule has 0 saturated carbocycles. The van der Waals surface area contributed by atoms with E-state index in [1.165, 1.54) is 34.4 Å². The molecule has 1 atom stereocenters. The average molecular weight is 639 g/mol. The van der Waals surface area contributed by atoms with Gasteiger partial charge in [0.15, 0.2) is 0 Å². The summed E-state index contributed by atoms with van der Waals surface area (Å²) < 4.78 is 20.0. The summed E-state index contributed by atoms with van der Waals surface area (Å²) in [5, 5.41) is 2.11. The number of halogens is 1. The van der Waals surface area contributed by atoms with Crippen LogP contribution in [0.15, 0.2) is 174 Å². The van der Waals surface area contributed by atoms with Crippen molar-refractivity contribution in [2.45, 2.75) is 12.8 Å². The number of benzene rings is 7. The highest BCUT2D eigenvalue weighted by atomic mass is 19.1. The molecule has 8 aromatic rings. The van der Waals surface area contributed by atoms with Gasteiger partial charge in [-0.1, -0.05) is 90.5 Å². The first-order valence-corrected chi connectivity index (χ1v) is 16.5. The number of hydrogen-bond donors (Lipinski definition) is 0. The summed E-state index contributed by atoms with van der Waals surface area (Å²) >= 11 is 0. The fraction of sp³-hybridized carbons (Fsp3) is 0.0667. The van der Waals surface area contributed by atoms with Crippen molar-refractivity contribution in [2.75, 3.05) is 16.8 Å². The van der Waals surface area contributed by atoms with Crippen LogP contribution in [0.1, 0.15) is 28.2 Å². The van der Waals surface area contributed by atoms with E-state index in [0.717, 1.165) is 50.4 Å². The van der Waals surface area contributed by atoms with Gasteiger partial charge in [-0.05, 0) is 96.4 Å². The van der Waals surface area contributed by atoms with Gasteiger partial charge in [-0.25, -0.2) is 4.39 Å². The van der Waals surface area contributed by atoms with E-state index in [-0.39, 0.29) is 11.7 Å². The van der Waals surface area contributed by atoms with Crippen molar-refractivity contribution in [2.24, 2.45) is 0 Å². The molecule has 0 radical (unpaired) electrons. The monoisotopic (exact) mass is 638 g/mol. The second kappa shape index (κ2) is 12.8. The molecular weight excluding hydrogens is 604 g/mol. The number of fused-ring (bicyclic) bond motifs is 3. The summed E-state index contributed by atoms with van der Waals surface area (Å²) in [7, 11) is 1.97. The predicted octanol–water partition coefficient (Wildman–Crippen LogP) is 12.5. The molecule has 8 rings (SSSR count). The van der Waals surface area contributed by atoms with E-state index in [1.807, 2.05) is 24.1 Å². The maximum Gasteiger partial charge on any atom is 0.137 e. The summed E-state index contributed by atoms with van der Waals surface area (Å²) in [4.78, 5) is 4.30. The largest absolute Gasteiger partial charge is 0.456 e. The van der Waals surface area contributed by atoms with Crippen LogP contribution in [0.5, 0.6) is 0 Å². The van der Waals surface area contributed by atoms with Crippen LogP contribution in [0.2, 0.25) is 0 Å². The Labute approximate surface area is 286 Å². The second-order valence-corrected chi connectivity index (χ2v) is 12.5. The van der Waals surface area contributed by atoms with E-state index in [0.29, 0.717) is 0 Å². The van der Waals surface area contributed by atoms with Gasteiger partial charge in [0.2, 0.25) is 0 Å². The highest BCUT2D eigenvalue weighted by molar-refractivity contribution is 6.07. The zero-order valence-corrected chi connectivity index (χ0v) is 27.4. The van der Waals surface area contributed by atoms with Crippen molar-refractivity contribution in [3.8, 4) is 0 Å². The van der Waals surface area contributed by atoms with E-state index >= 15 is 0 Å². The van der Waals surface area contributed by atoms with Crippen molar-refractivity contribution in [1.29, 1.82) is 0 Å². The third kappa shape index (κ3) is 5.94.